The highest BCUT2D eigenvalue weighted by Gasteiger charge is 2.19. The van der Waals surface area contributed by atoms with E-state index in [1.165, 1.54) is 28.2 Å². The number of nitro groups is 1. The summed E-state index contributed by atoms with van der Waals surface area (Å²) in [6.45, 7) is 1.78. The lowest BCUT2D eigenvalue weighted by Gasteiger charge is -2.08. The van der Waals surface area contributed by atoms with Crippen LogP contribution in [0.4, 0.5) is 11.5 Å². The first-order valence-electron chi connectivity index (χ1n) is 9.28. The molecule has 2 heterocycles. The Kier molecular flexibility index (Phi) is 5.89. The number of carbonyl (C=O) groups excluding carboxylic acids is 1. The van der Waals surface area contributed by atoms with Crippen molar-refractivity contribution in [1.82, 2.24) is 14.8 Å². The molecule has 0 aliphatic rings. The van der Waals surface area contributed by atoms with Crippen molar-refractivity contribution in [2.45, 2.75) is 6.92 Å². The lowest BCUT2D eigenvalue weighted by Crippen LogP contribution is -2.15. The molecule has 1 amide bonds. The molecule has 4 aromatic rings. The molecule has 0 aliphatic heterocycles. The van der Waals surface area contributed by atoms with Crippen molar-refractivity contribution < 1.29 is 14.5 Å². The molecular weight excluding hydrogens is 454 g/mol. The Balaban J connectivity index is 1.63. The maximum absolute atomic E-state index is 12.8. The van der Waals surface area contributed by atoms with Gasteiger partial charge in [0.2, 0.25) is 5.13 Å². The Morgan fingerprint density at radius 1 is 1.22 bits per heavy atom. The number of non-ortho nitro benzene ring substituents is 1. The summed E-state index contributed by atoms with van der Waals surface area (Å²) in [5.41, 5.74) is 2.08. The average molecular weight is 470 g/mol. The van der Waals surface area contributed by atoms with Gasteiger partial charge in [0, 0.05) is 29.1 Å². The van der Waals surface area contributed by atoms with Crippen LogP contribution in [0.3, 0.4) is 0 Å². The van der Waals surface area contributed by atoms with E-state index in [-0.39, 0.29) is 16.3 Å². The molecule has 4 rings (SSSR count). The molecule has 32 heavy (non-hydrogen) atoms. The number of hydrogen-bond donors (Lipinski definition) is 1. The lowest BCUT2D eigenvalue weighted by molar-refractivity contribution is -0.384. The summed E-state index contributed by atoms with van der Waals surface area (Å²) in [7, 11) is 1.60. The van der Waals surface area contributed by atoms with Gasteiger partial charge in [0.05, 0.1) is 34.0 Å². The molecule has 0 spiro atoms. The molecule has 2 aromatic heterocycles. The van der Waals surface area contributed by atoms with Crippen molar-refractivity contribution >= 4 is 40.4 Å². The number of aryl methyl sites for hydroxylation is 1. The number of hydrogen-bond acceptors (Lipinski definition) is 7. The zero-order valence-electron chi connectivity index (χ0n) is 16.9. The molecule has 2 aromatic carbocycles. The van der Waals surface area contributed by atoms with E-state index in [1.54, 1.807) is 20.1 Å². The van der Waals surface area contributed by atoms with E-state index < -0.39 is 10.8 Å². The number of halogens is 1. The normalized spacial score (nSPS) is 10.7. The van der Waals surface area contributed by atoms with Gasteiger partial charge in [0.15, 0.2) is 0 Å². The first kappa shape index (κ1) is 21.5. The molecule has 0 radical (unpaired) electrons. The maximum atomic E-state index is 12.8. The first-order valence-corrected chi connectivity index (χ1v) is 10.5. The minimum Gasteiger partial charge on any atom is -0.497 e. The SMILES string of the molecule is COc1ccc(-c2csc(-n3nc(C)cc3NC(=O)c3cc([N+](=O)[O-])ccc3Cl)n2)cc1. The lowest BCUT2D eigenvalue weighted by atomic mass is 10.2. The molecule has 0 aliphatic carbocycles. The van der Waals surface area contributed by atoms with Crippen molar-refractivity contribution in [1.29, 1.82) is 0 Å². The Hall–Kier alpha value is -3.76. The summed E-state index contributed by atoms with van der Waals surface area (Å²) in [6, 6.07) is 12.9. The van der Waals surface area contributed by atoms with Gasteiger partial charge in [-0.2, -0.15) is 9.78 Å². The number of carbonyl (C=O) groups is 1. The van der Waals surface area contributed by atoms with Gasteiger partial charge in [0.1, 0.15) is 11.6 Å². The number of methoxy groups -OCH3 is 1. The van der Waals surface area contributed by atoms with Crippen LogP contribution >= 0.6 is 22.9 Å². The van der Waals surface area contributed by atoms with Crippen LogP contribution in [0.25, 0.3) is 16.4 Å². The van der Waals surface area contributed by atoms with Gasteiger partial charge in [-0.1, -0.05) is 11.6 Å². The number of thiazole rings is 1. The summed E-state index contributed by atoms with van der Waals surface area (Å²) in [6.07, 6.45) is 0. The second-order valence-corrected chi connectivity index (χ2v) is 7.95. The van der Waals surface area contributed by atoms with Gasteiger partial charge < -0.3 is 10.1 Å². The summed E-state index contributed by atoms with van der Waals surface area (Å²) >= 11 is 7.45. The van der Waals surface area contributed by atoms with Crippen LogP contribution in [0.1, 0.15) is 16.1 Å². The van der Waals surface area contributed by atoms with E-state index in [0.717, 1.165) is 23.1 Å². The van der Waals surface area contributed by atoms with Crippen LogP contribution in [0.2, 0.25) is 5.02 Å². The van der Waals surface area contributed by atoms with E-state index in [2.05, 4.69) is 15.4 Å². The first-order chi connectivity index (χ1) is 15.4. The van der Waals surface area contributed by atoms with E-state index >= 15 is 0 Å². The highest BCUT2D eigenvalue weighted by Crippen LogP contribution is 2.28. The number of aromatic nitrogens is 3. The number of nitrogens with one attached hydrogen (secondary N) is 1. The highest BCUT2D eigenvalue weighted by atomic mass is 35.5. The molecule has 1 N–H and O–H groups in total. The fraction of sp³-hybridized carbons (Fsp3) is 0.0952. The number of anilines is 1. The monoisotopic (exact) mass is 469 g/mol. The molecule has 0 unspecified atom stereocenters. The number of nitrogens with zero attached hydrogens (tertiary/aromatic N) is 4. The van der Waals surface area contributed by atoms with Gasteiger partial charge in [0.25, 0.3) is 11.6 Å². The molecule has 0 saturated carbocycles. The van der Waals surface area contributed by atoms with Gasteiger partial charge in [-0.25, -0.2) is 4.98 Å². The van der Waals surface area contributed by atoms with Gasteiger partial charge in [-0.05, 0) is 37.3 Å². The molecule has 0 fully saturated rings. The Labute approximate surface area is 191 Å². The molecule has 162 valence electrons. The Bertz CT molecular complexity index is 1320. The minimum atomic E-state index is -0.591. The van der Waals surface area contributed by atoms with Crippen LogP contribution < -0.4 is 10.1 Å². The minimum absolute atomic E-state index is 0.00988. The number of nitro benzene ring substituents is 1. The van der Waals surface area contributed by atoms with Crippen LogP contribution in [0.15, 0.2) is 53.9 Å². The second-order valence-electron chi connectivity index (χ2n) is 6.70. The van der Waals surface area contributed by atoms with Crippen molar-refractivity contribution in [3.05, 3.63) is 80.3 Å². The molecule has 0 bridgehead atoms. The van der Waals surface area contributed by atoms with E-state index in [1.807, 2.05) is 29.6 Å². The summed E-state index contributed by atoms with van der Waals surface area (Å²) in [5, 5.41) is 20.7. The van der Waals surface area contributed by atoms with Crippen molar-refractivity contribution in [2.75, 3.05) is 12.4 Å². The quantitative estimate of drug-likeness (QED) is 0.309. The number of benzene rings is 2. The summed E-state index contributed by atoms with van der Waals surface area (Å²) < 4.78 is 6.69. The molecule has 9 nitrogen and oxygen atoms in total. The van der Waals surface area contributed by atoms with Crippen molar-refractivity contribution in [3.8, 4) is 22.1 Å². The van der Waals surface area contributed by atoms with Crippen LogP contribution in [0, 0.1) is 17.0 Å². The fourth-order valence-electron chi connectivity index (χ4n) is 2.97. The largest absolute Gasteiger partial charge is 0.497 e. The van der Waals surface area contributed by atoms with Crippen LogP contribution in [-0.4, -0.2) is 32.7 Å². The fourth-order valence-corrected chi connectivity index (χ4v) is 3.97. The summed E-state index contributed by atoms with van der Waals surface area (Å²) in [4.78, 5) is 27.9. The smallest absolute Gasteiger partial charge is 0.270 e. The third kappa shape index (κ3) is 4.32. The molecular formula is C21H16ClN5O4S. The zero-order valence-corrected chi connectivity index (χ0v) is 18.5. The number of amides is 1. The topological polar surface area (TPSA) is 112 Å². The van der Waals surface area contributed by atoms with Gasteiger partial charge >= 0.3 is 0 Å². The third-order valence-corrected chi connectivity index (χ3v) is 5.68. The maximum Gasteiger partial charge on any atom is 0.270 e. The Morgan fingerprint density at radius 2 is 1.97 bits per heavy atom. The van der Waals surface area contributed by atoms with E-state index in [4.69, 9.17) is 16.3 Å². The second kappa shape index (κ2) is 8.77. The predicted molar refractivity (Wildman–Crippen MR) is 122 cm³/mol. The molecule has 11 heteroatoms. The standard InChI is InChI=1S/C21H16ClN5O4S/c1-12-9-19(24-20(28)16-10-14(27(29)30)5-8-17(16)22)26(25-12)21-23-18(11-32-21)13-3-6-15(31-2)7-4-13/h3-11H,1-2H3,(H,24,28). The summed E-state index contributed by atoms with van der Waals surface area (Å²) in [5.74, 6) is 0.522. The van der Waals surface area contributed by atoms with E-state index in [0.29, 0.717) is 16.6 Å². The molecule has 0 saturated heterocycles. The number of rotatable bonds is 6. The zero-order chi connectivity index (χ0) is 22.8. The average Bonchev–Trinajstić information content (AvgIpc) is 3.40. The van der Waals surface area contributed by atoms with Gasteiger partial charge in [-0.3, -0.25) is 14.9 Å². The Morgan fingerprint density at radius 3 is 2.66 bits per heavy atom. The number of ether oxygens (including phenoxy) is 1. The van der Waals surface area contributed by atoms with E-state index in [9.17, 15) is 14.9 Å². The van der Waals surface area contributed by atoms with Crippen molar-refractivity contribution in [3.63, 3.8) is 0 Å². The van der Waals surface area contributed by atoms with Gasteiger partial charge in [-0.15, -0.1) is 11.3 Å². The highest BCUT2D eigenvalue weighted by molar-refractivity contribution is 7.12. The third-order valence-electron chi connectivity index (χ3n) is 4.54. The molecule has 0 atom stereocenters. The predicted octanol–water partition coefficient (Wildman–Crippen LogP) is 5.13. The van der Waals surface area contributed by atoms with Crippen LogP contribution in [-0.2, 0) is 0 Å². The van der Waals surface area contributed by atoms with Crippen molar-refractivity contribution in [2.24, 2.45) is 0 Å². The van der Waals surface area contributed by atoms with Crippen LogP contribution in [0.5, 0.6) is 5.75 Å².